The van der Waals surface area contributed by atoms with Gasteiger partial charge in [-0.15, -0.1) is 0 Å². The molecule has 6 heteroatoms. The number of hydrogen-bond acceptors (Lipinski definition) is 5. The number of nitriles is 1. The molecule has 0 aliphatic heterocycles. The summed E-state index contributed by atoms with van der Waals surface area (Å²) in [5.74, 6) is 0.420. The van der Waals surface area contributed by atoms with E-state index in [0.717, 1.165) is 16.9 Å². The smallest absolute Gasteiger partial charge is 0.201 e. The van der Waals surface area contributed by atoms with Gasteiger partial charge in [0.2, 0.25) is 5.71 Å². The first-order valence-electron chi connectivity index (χ1n) is 6.46. The molecule has 0 aliphatic rings. The van der Waals surface area contributed by atoms with Crippen molar-refractivity contribution >= 4 is 17.2 Å². The summed E-state index contributed by atoms with van der Waals surface area (Å²) in [4.78, 5) is 0. The maximum absolute atomic E-state index is 8.80. The van der Waals surface area contributed by atoms with E-state index in [0.29, 0.717) is 5.69 Å². The molecule has 110 valence electrons. The second-order valence-electron chi connectivity index (χ2n) is 4.41. The number of methoxy groups -OCH3 is 1. The van der Waals surface area contributed by atoms with E-state index in [2.05, 4.69) is 10.5 Å². The zero-order valence-corrected chi connectivity index (χ0v) is 12.0. The summed E-state index contributed by atoms with van der Waals surface area (Å²) in [7, 11) is 1.62. The van der Waals surface area contributed by atoms with Crippen molar-refractivity contribution in [3.8, 4) is 22.9 Å². The number of nitrogens with one attached hydrogen (secondary N) is 2. The third kappa shape index (κ3) is 3.61. The predicted octanol–water partition coefficient (Wildman–Crippen LogP) is 2.59. The van der Waals surface area contributed by atoms with Crippen LogP contribution in [0.25, 0.3) is 11.1 Å². The number of ether oxygens (including phenoxy) is 1. The fraction of sp³-hybridized carbons (Fsp3) is 0.0625. The molecule has 0 amide bonds. The first kappa shape index (κ1) is 15.1. The van der Waals surface area contributed by atoms with Crippen LogP contribution in [0, 0.1) is 16.7 Å². The highest BCUT2D eigenvalue weighted by Gasteiger charge is 2.02. The van der Waals surface area contributed by atoms with Crippen molar-refractivity contribution in [2.45, 2.75) is 0 Å². The Morgan fingerprint density at radius 1 is 1.23 bits per heavy atom. The molecule has 0 fully saturated rings. The van der Waals surface area contributed by atoms with E-state index in [1.54, 1.807) is 13.2 Å². The molecular weight excluding hydrogens is 278 g/mol. The van der Waals surface area contributed by atoms with E-state index in [4.69, 9.17) is 21.1 Å². The number of rotatable bonds is 5. The van der Waals surface area contributed by atoms with Crippen molar-refractivity contribution in [2.75, 3.05) is 12.5 Å². The molecule has 0 aliphatic carbocycles. The van der Waals surface area contributed by atoms with Crippen LogP contribution in [-0.2, 0) is 0 Å². The Kier molecular flexibility index (Phi) is 4.73. The van der Waals surface area contributed by atoms with Crippen LogP contribution >= 0.6 is 0 Å². The Morgan fingerprint density at radius 3 is 2.55 bits per heavy atom. The van der Waals surface area contributed by atoms with Gasteiger partial charge in [0.1, 0.15) is 11.8 Å². The van der Waals surface area contributed by atoms with Crippen LogP contribution in [0.2, 0.25) is 0 Å². The number of hydrazone groups is 1. The van der Waals surface area contributed by atoms with Crippen LogP contribution in [-0.4, -0.2) is 18.7 Å². The van der Waals surface area contributed by atoms with Crippen LogP contribution in [0.4, 0.5) is 5.69 Å². The molecule has 0 unspecified atom stereocenters. The molecule has 2 aromatic rings. The lowest BCUT2D eigenvalue weighted by molar-refractivity contribution is 0.415. The largest absolute Gasteiger partial charge is 0.497 e. The van der Waals surface area contributed by atoms with Gasteiger partial charge in [-0.25, -0.2) is 0 Å². The third-order valence-corrected chi connectivity index (χ3v) is 2.94. The highest BCUT2D eigenvalue weighted by Crippen LogP contribution is 2.24. The molecular formula is C16H15N5O. The number of benzene rings is 2. The van der Waals surface area contributed by atoms with Gasteiger partial charge in [0.15, 0.2) is 5.84 Å². The molecule has 0 radical (unpaired) electrons. The van der Waals surface area contributed by atoms with Gasteiger partial charge in [0.05, 0.1) is 12.8 Å². The molecule has 6 nitrogen and oxygen atoms in total. The van der Waals surface area contributed by atoms with E-state index in [-0.39, 0.29) is 11.5 Å². The van der Waals surface area contributed by atoms with Crippen molar-refractivity contribution < 1.29 is 4.74 Å². The number of nitrogens with two attached hydrogens (primary N) is 1. The fourth-order valence-corrected chi connectivity index (χ4v) is 1.82. The molecule has 0 aromatic heterocycles. The van der Waals surface area contributed by atoms with Crippen molar-refractivity contribution in [2.24, 2.45) is 10.8 Å². The molecule has 2 rings (SSSR count). The van der Waals surface area contributed by atoms with Crippen LogP contribution < -0.4 is 15.9 Å². The molecule has 0 spiro atoms. The SMILES string of the molecule is COc1ccc(-c2cccc(N/N=C(\C#N)C(=N)N)c2)cc1. The molecule has 0 saturated carbocycles. The standard InChI is InChI=1S/C16H15N5O/c1-22-14-7-5-11(6-8-14)12-3-2-4-13(9-12)20-21-15(10-17)16(18)19/h2-9,20H,1H3,(H3,18,19)/b21-15+. The Hall–Kier alpha value is -3.33. The first-order valence-corrected chi connectivity index (χ1v) is 6.46. The van der Waals surface area contributed by atoms with Gasteiger partial charge in [-0.05, 0) is 35.4 Å². The molecule has 0 saturated heterocycles. The maximum Gasteiger partial charge on any atom is 0.201 e. The van der Waals surface area contributed by atoms with Crippen LogP contribution in [0.15, 0.2) is 53.6 Å². The molecule has 0 atom stereocenters. The fourth-order valence-electron chi connectivity index (χ4n) is 1.82. The van der Waals surface area contributed by atoms with Crippen molar-refractivity contribution in [1.82, 2.24) is 0 Å². The topological polar surface area (TPSA) is 107 Å². The Morgan fingerprint density at radius 2 is 1.95 bits per heavy atom. The molecule has 2 aromatic carbocycles. The number of nitrogens with zero attached hydrogens (tertiary/aromatic N) is 2. The molecule has 0 heterocycles. The number of amidine groups is 1. The Labute approximate surface area is 128 Å². The van der Waals surface area contributed by atoms with Crippen LogP contribution in [0.5, 0.6) is 5.75 Å². The predicted molar refractivity (Wildman–Crippen MR) is 87.0 cm³/mol. The number of anilines is 1. The summed E-state index contributed by atoms with van der Waals surface area (Å²) in [5.41, 5.74) is 10.5. The molecule has 4 N–H and O–H groups in total. The van der Waals surface area contributed by atoms with Gasteiger partial charge in [-0.3, -0.25) is 10.8 Å². The van der Waals surface area contributed by atoms with E-state index in [1.807, 2.05) is 48.5 Å². The van der Waals surface area contributed by atoms with Crippen LogP contribution in [0.3, 0.4) is 0 Å². The highest BCUT2D eigenvalue weighted by molar-refractivity contribution is 6.45. The number of hydrogen-bond donors (Lipinski definition) is 3. The third-order valence-electron chi connectivity index (χ3n) is 2.94. The normalized spacial score (nSPS) is 10.6. The summed E-state index contributed by atoms with van der Waals surface area (Å²) in [6.07, 6.45) is 0. The lowest BCUT2D eigenvalue weighted by Crippen LogP contribution is -2.21. The average Bonchev–Trinajstić information content (AvgIpc) is 2.55. The van der Waals surface area contributed by atoms with E-state index in [9.17, 15) is 0 Å². The Bertz CT molecular complexity index is 744. The quantitative estimate of drug-likeness (QED) is 0.447. The summed E-state index contributed by atoms with van der Waals surface area (Å²) in [5, 5.41) is 19.8. The first-order chi connectivity index (χ1) is 10.6. The van der Waals surface area contributed by atoms with Gasteiger partial charge < -0.3 is 10.5 Å². The van der Waals surface area contributed by atoms with Gasteiger partial charge in [-0.2, -0.15) is 10.4 Å². The average molecular weight is 293 g/mol. The monoisotopic (exact) mass is 293 g/mol. The zero-order chi connectivity index (χ0) is 15.9. The maximum atomic E-state index is 8.80. The lowest BCUT2D eigenvalue weighted by atomic mass is 10.1. The molecule has 22 heavy (non-hydrogen) atoms. The second-order valence-corrected chi connectivity index (χ2v) is 4.41. The minimum Gasteiger partial charge on any atom is -0.497 e. The summed E-state index contributed by atoms with van der Waals surface area (Å²) in [6.45, 7) is 0. The summed E-state index contributed by atoms with van der Waals surface area (Å²) in [6, 6.07) is 17.0. The van der Waals surface area contributed by atoms with E-state index in [1.165, 1.54) is 0 Å². The minimum atomic E-state index is -0.374. The minimum absolute atomic E-state index is 0.158. The lowest BCUT2D eigenvalue weighted by Gasteiger charge is -2.06. The van der Waals surface area contributed by atoms with E-state index < -0.39 is 0 Å². The molecule has 0 bridgehead atoms. The highest BCUT2D eigenvalue weighted by atomic mass is 16.5. The second kappa shape index (κ2) is 6.90. The Balaban J connectivity index is 2.23. The van der Waals surface area contributed by atoms with Gasteiger partial charge in [0.25, 0.3) is 0 Å². The summed E-state index contributed by atoms with van der Waals surface area (Å²) >= 11 is 0. The van der Waals surface area contributed by atoms with Crippen molar-refractivity contribution in [3.05, 3.63) is 48.5 Å². The zero-order valence-electron chi connectivity index (χ0n) is 12.0. The van der Waals surface area contributed by atoms with Crippen molar-refractivity contribution in [3.63, 3.8) is 0 Å². The van der Waals surface area contributed by atoms with Gasteiger partial charge >= 0.3 is 0 Å². The van der Waals surface area contributed by atoms with Crippen LogP contribution in [0.1, 0.15) is 0 Å². The van der Waals surface area contributed by atoms with Gasteiger partial charge in [-0.1, -0.05) is 24.3 Å². The summed E-state index contributed by atoms with van der Waals surface area (Å²) < 4.78 is 5.14. The van der Waals surface area contributed by atoms with Gasteiger partial charge in [0, 0.05) is 0 Å². The van der Waals surface area contributed by atoms with E-state index >= 15 is 0 Å². The van der Waals surface area contributed by atoms with Crippen molar-refractivity contribution in [1.29, 1.82) is 10.7 Å².